The molecule has 0 aliphatic heterocycles. The number of nitro groups is 1. The second-order valence-electron chi connectivity index (χ2n) is 4.27. The molecule has 1 amide bonds. The Morgan fingerprint density at radius 3 is 2.90 bits per heavy atom. The van der Waals surface area contributed by atoms with E-state index in [2.05, 4.69) is 10.3 Å². The summed E-state index contributed by atoms with van der Waals surface area (Å²) >= 11 is 1.18. The third kappa shape index (κ3) is 2.48. The Morgan fingerprint density at radius 1 is 1.43 bits per heavy atom. The molecule has 0 unspecified atom stereocenters. The zero-order chi connectivity index (χ0) is 15.0. The Balaban J connectivity index is 1.89. The molecule has 0 saturated carbocycles. The quantitative estimate of drug-likeness (QED) is 0.591. The number of benzene rings is 1. The normalized spacial score (nSPS) is 10.7. The number of non-ortho nitro benzene ring substituents is 1. The molecule has 3 aromatic rings. The smallest absolute Gasteiger partial charge is 0.270 e. The summed E-state index contributed by atoms with van der Waals surface area (Å²) < 4.78 is 5.71. The van der Waals surface area contributed by atoms with Crippen LogP contribution in [0.25, 0.3) is 10.2 Å². The Labute approximate surface area is 122 Å². The van der Waals surface area contributed by atoms with Gasteiger partial charge in [0.15, 0.2) is 5.13 Å². The van der Waals surface area contributed by atoms with Gasteiger partial charge in [-0.2, -0.15) is 0 Å². The molecule has 7 nitrogen and oxygen atoms in total. The van der Waals surface area contributed by atoms with Crippen LogP contribution in [0.4, 0.5) is 10.8 Å². The number of nitrogens with zero attached hydrogens (tertiary/aromatic N) is 2. The highest BCUT2D eigenvalue weighted by atomic mass is 32.1. The van der Waals surface area contributed by atoms with Crippen molar-refractivity contribution in [3.8, 4) is 0 Å². The molecule has 2 aromatic heterocycles. The van der Waals surface area contributed by atoms with Crippen molar-refractivity contribution in [2.24, 2.45) is 0 Å². The van der Waals surface area contributed by atoms with Crippen LogP contribution in [-0.4, -0.2) is 15.8 Å². The Bertz CT molecular complexity index is 852. The Hall–Kier alpha value is -2.74. The van der Waals surface area contributed by atoms with E-state index < -0.39 is 4.92 Å². The highest BCUT2D eigenvalue weighted by molar-refractivity contribution is 7.22. The molecule has 0 radical (unpaired) electrons. The van der Waals surface area contributed by atoms with Crippen LogP contribution >= 0.6 is 11.3 Å². The molecule has 0 aliphatic rings. The van der Waals surface area contributed by atoms with Crippen molar-refractivity contribution < 1.29 is 14.1 Å². The van der Waals surface area contributed by atoms with Gasteiger partial charge in [0.25, 0.3) is 11.6 Å². The molecule has 0 bridgehead atoms. The third-order valence-corrected chi connectivity index (χ3v) is 3.84. The van der Waals surface area contributed by atoms with Gasteiger partial charge in [0, 0.05) is 12.1 Å². The Kier molecular flexibility index (Phi) is 3.15. The summed E-state index contributed by atoms with van der Waals surface area (Å²) in [5.74, 6) is 0.194. The first-order chi connectivity index (χ1) is 10.0. The average Bonchev–Trinajstić information content (AvgIpc) is 3.02. The summed E-state index contributed by atoms with van der Waals surface area (Å²) in [6, 6.07) is 5.95. The standard InChI is InChI=1S/C13H9N3O4S/c1-7-9(4-5-20-7)12(17)15-13-14-10-3-2-8(16(18)19)6-11(10)21-13/h2-6H,1H3,(H,14,15,17). The van der Waals surface area contributed by atoms with E-state index in [1.807, 2.05) is 0 Å². The molecule has 0 saturated heterocycles. The van der Waals surface area contributed by atoms with Crippen LogP contribution in [0.5, 0.6) is 0 Å². The molecular formula is C13H9N3O4S. The van der Waals surface area contributed by atoms with Crippen LogP contribution in [0.15, 0.2) is 34.9 Å². The van der Waals surface area contributed by atoms with Crippen molar-refractivity contribution >= 4 is 38.3 Å². The highest BCUT2D eigenvalue weighted by Gasteiger charge is 2.15. The number of rotatable bonds is 3. The van der Waals surface area contributed by atoms with E-state index in [1.54, 1.807) is 19.1 Å². The minimum absolute atomic E-state index is 0.00490. The van der Waals surface area contributed by atoms with Gasteiger partial charge in [-0.3, -0.25) is 20.2 Å². The molecule has 0 atom stereocenters. The number of aryl methyl sites for hydroxylation is 1. The van der Waals surface area contributed by atoms with E-state index in [4.69, 9.17) is 4.42 Å². The van der Waals surface area contributed by atoms with E-state index in [0.717, 1.165) is 0 Å². The van der Waals surface area contributed by atoms with E-state index >= 15 is 0 Å². The largest absolute Gasteiger partial charge is 0.469 e. The number of carbonyl (C=O) groups excluding carboxylic acids is 1. The summed E-state index contributed by atoms with van der Waals surface area (Å²) in [5.41, 5.74) is 1.03. The molecule has 1 aromatic carbocycles. The van der Waals surface area contributed by atoms with Gasteiger partial charge in [-0.15, -0.1) is 0 Å². The molecule has 21 heavy (non-hydrogen) atoms. The summed E-state index contributed by atoms with van der Waals surface area (Å²) in [5, 5.41) is 13.8. The SMILES string of the molecule is Cc1occc1C(=O)Nc1nc2ccc([N+](=O)[O-])cc2s1. The van der Waals surface area contributed by atoms with Crippen LogP contribution in [0, 0.1) is 17.0 Å². The predicted octanol–water partition coefficient (Wildman–Crippen LogP) is 3.36. The van der Waals surface area contributed by atoms with Gasteiger partial charge in [0.2, 0.25) is 0 Å². The van der Waals surface area contributed by atoms with Crippen molar-refractivity contribution in [3.05, 3.63) is 52.0 Å². The van der Waals surface area contributed by atoms with E-state index in [-0.39, 0.29) is 11.6 Å². The second kappa shape index (κ2) is 4.98. The van der Waals surface area contributed by atoms with Gasteiger partial charge in [-0.05, 0) is 19.1 Å². The number of fused-ring (bicyclic) bond motifs is 1. The first-order valence-electron chi connectivity index (χ1n) is 5.95. The van der Waals surface area contributed by atoms with Crippen molar-refractivity contribution in [3.63, 3.8) is 0 Å². The summed E-state index contributed by atoms with van der Waals surface area (Å²) in [6.07, 6.45) is 1.44. The van der Waals surface area contributed by atoms with Gasteiger partial charge >= 0.3 is 0 Å². The van der Waals surface area contributed by atoms with Crippen molar-refractivity contribution in [2.75, 3.05) is 5.32 Å². The summed E-state index contributed by atoms with van der Waals surface area (Å²) in [6.45, 7) is 1.69. The van der Waals surface area contributed by atoms with Gasteiger partial charge in [-0.25, -0.2) is 4.98 Å². The Morgan fingerprint density at radius 2 is 2.24 bits per heavy atom. The lowest BCUT2D eigenvalue weighted by atomic mass is 10.2. The van der Waals surface area contributed by atoms with Gasteiger partial charge in [0.05, 0.1) is 27.0 Å². The lowest BCUT2D eigenvalue weighted by Crippen LogP contribution is -2.11. The van der Waals surface area contributed by atoms with Crippen LogP contribution < -0.4 is 5.32 Å². The van der Waals surface area contributed by atoms with Crippen LogP contribution in [0.2, 0.25) is 0 Å². The minimum atomic E-state index is -0.466. The number of furan rings is 1. The molecule has 0 aliphatic carbocycles. The number of anilines is 1. The van der Waals surface area contributed by atoms with Gasteiger partial charge in [0.1, 0.15) is 5.76 Å². The summed E-state index contributed by atoms with van der Waals surface area (Å²) in [4.78, 5) is 26.5. The lowest BCUT2D eigenvalue weighted by molar-refractivity contribution is -0.384. The van der Waals surface area contributed by atoms with Crippen molar-refractivity contribution in [1.29, 1.82) is 0 Å². The number of thiazole rings is 1. The average molecular weight is 303 g/mol. The first kappa shape index (κ1) is 13.3. The minimum Gasteiger partial charge on any atom is -0.469 e. The van der Waals surface area contributed by atoms with E-state index in [1.165, 1.54) is 29.7 Å². The van der Waals surface area contributed by atoms with Gasteiger partial charge in [-0.1, -0.05) is 11.3 Å². The molecule has 2 heterocycles. The van der Waals surface area contributed by atoms with Crippen LogP contribution in [-0.2, 0) is 0 Å². The van der Waals surface area contributed by atoms with E-state index in [9.17, 15) is 14.9 Å². The maximum absolute atomic E-state index is 12.0. The molecule has 3 rings (SSSR count). The molecule has 8 heteroatoms. The topological polar surface area (TPSA) is 98.3 Å². The maximum atomic E-state index is 12.0. The molecule has 0 fully saturated rings. The first-order valence-corrected chi connectivity index (χ1v) is 6.76. The van der Waals surface area contributed by atoms with Crippen LogP contribution in [0.3, 0.4) is 0 Å². The molecule has 0 spiro atoms. The molecule has 106 valence electrons. The number of aromatic nitrogens is 1. The summed E-state index contributed by atoms with van der Waals surface area (Å²) in [7, 11) is 0. The van der Waals surface area contributed by atoms with Crippen molar-refractivity contribution in [1.82, 2.24) is 4.98 Å². The third-order valence-electron chi connectivity index (χ3n) is 2.91. The maximum Gasteiger partial charge on any atom is 0.270 e. The number of carbonyl (C=O) groups is 1. The number of hydrogen-bond donors (Lipinski definition) is 1. The number of nitro benzene ring substituents is 1. The lowest BCUT2D eigenvalue weighted by Gasteiger charge is -1.98. The zero-order valence-corrected chi connectivity index (χ0v) is 11.6. The van der Waals surface area contributed by atoms with E-state index in [0.29, 0.717) is 26.7 Å². The monoisotopic (exact) mass is 303 g/mol. The fraction of sp³-hybridized carbons (Fsp3) is 0.0769. The fourth-order valence-corrected chi connectivity index (χ4v) is 2.76. The highest BCUT2D eigenvalue weighted by Crippen LogP contribution is 2.29. The molecule has 1 N–H and O–H groups in total. The zero-order valence-electron chi connectivity index (χ0n) is 10.8. The number of nitrogens with one attached hydrogen (secondary N) is 1. The molecular weight excluding hydrogens is 294 g/mol. The fourth-order valence-electron chi connectivity index (χ4n) is 1.87. The number of amides is 1. The number of hydrogen-bond acceptors (Lipinski definition) is 6. The van der Waals surface area contributed by atoms with Crippen LogP contribution in [0.1, 0.15) is 16.1 Å². The second-order valence-corrected chi connectivity index (χ2v) is 5.30. The predicted molar refractivity (Wildman–Crippen MR) is 77.7 cm³/mol. The van der Waals surface area contributed by atoms with Crippen molar-refractivity contribution in [2.45, 2.75) is 6.92 Å². The van der Waals surface area contributed by atoms with Gasteiger partial charge < -0.3 is 4.42 Å².